The van der Waals surface area contributed by atoms with E-state index < -0.39 is 12.4 Å². The van der Waals surface area contributed by atoms with Gasteiger partial charge in [0.05, 0.1) is 5.69 Å². The summed E-state index contributed by atoms with van der Waals surface area (Å²) in [6, 6.07) is 10.6. The van der Waals surface area contributed by atoms with Crippen LogP contribution in [-0.4, -0.2) is 49.4 Å². The molecule has 0 spiro atoms. The fourth-order valence-electron chi connectivity index (χ4n) is 3.24. The van der Waals surface area contributed by atoms with Crippen molar-refractivity contribution in [2.24, 2.45) is 0 Å². The van der Waals surface area contributed by atoms with Gasteiger partial charge in [-0.1, -0.05) is 18.2 Å². The van der Waals surface area contributed by atoms with Crippen LogP contribution in [-0.2, 0) is 4.79 Å². The van der Waals surface area contributed by atoms with Crippen molar-refractivity contribution in [2.75, 3.05) is 31.1 Å². The topological polar surface area (TPSA) is 49.9 Å². The monoisotopic (exact) mass is 418 g/mol. The highest BCUT2D eigenvalue weighted by Gasteiger charge is 2.22. The van der Waals surface area contributed by atoms with Gasteiger partial charge < -0.3 is 14.5 Å². The second-order valence-electron chi connectivity index (χ2n) is 6.78. The molecule has 30 heavy (non-hydrogen) atoms. The van der Waals surface area contributed by atoms with Crippen LogP contribution in [0.15, 0.2) is 48.5 Å². The highest BCUT2D eigenvalue weighted by molar-refractivity contribution is 5.94. The summed E-state index contributed by atoms with van der Waals surface area (Å²) < 4.78 is 43.8. The molecule has 1 aliphatic heterocycles. The zero-order valence-corrected chi connectivity index (χ0v) is 16.4. The number of alkyl halides is 2. The molecule has 1 fully saturated rings. The SMILES string of the molecule is CC(=O)c1ccc(N2CCN(C(=O)/C=C/c3ccccc3OC(F)F)CC2)c(F)c1. The molecule has 1 aliphatic rings. The number of nitrogens with zero attached hydrogens (tertiary/aromatic N) is 2. The van der Waals surface area contributed by atoms with E-state index in [1.807, 2.05) is 4.90 Å². The van der Waals surface area contributed by atoms with Crippen molar-refractivity contribution < 1.29 is 27.5 Å². The van der Waals surface area contributed by atoms with E-state index in [0.29, 0.717) is 43.0 Å². The van der Waals surface area contributed by atoms with Gasteiger partial charge in [-0.3, -0.25) is 9.59 Å². The summed E-state index contributed by atoms with van der Waals surface area (Å²) in [5.41, 5.74) is 1.07. The van der Waals surface area contributed by atoms with Crippen LogP contribution in [0.4, 0.5) is 18.9 Å². The number of anilines is 1. The van der Waals surface area contributed by atoms with Crippen molar-refractivity contribution in [2.45, 2.75) is 13.5 Å². The van der Waals surface area contributed by atoms with Gasteiger partial charge in [-0.15, -0.1) is 0 Å². The van der Waals surface area contributed by atoms with Crippen molar-refractivity contribution in [3.8, 4) is 5.75 Å². The summed E-state index contributed by atoms with van der Waals surface area (Å²) >= 11 is 0. The molecule has 1 saturated heterocycles. The van der Waals surface area contributed by atoms with E-state index in [1.54, 1.807) is 35.2 Å². The number of amides is 1. The van der Waals surface area contributed by atoms with Crippen molar-refractivity contribution in [3.05, 3.63) is 65.5 Å². The molecule has 0 atom stereocenters. The molecule has 1 heterocycles. The molecule has 0 saturated carbocycles. The standard InChI is InChI=1S/C22H21F3N2O3/c1-15(28)17-6-8-19(18(23)14-17)26-10-12-27(13-11-26)21(29)9-7-16-4-2-3-5-20(16)30-22(24)25/h2-9,14,22H,10-13H2,1H3/b9-7+. The van der Waals surface area contributed by atoms with Crippen LogP contribution >= 0.6 is 0 Å². The normalized spacial score (nSPS) is 14.4. The molecule has 5 nitrogen and oxygen atoms in total. The van der Waals surface area contributed by atoms with Gasteiger partial charge in [-0.05, 0) is 37.3 Å². The first-order chi connectivity index (χ1) is 14.3. The lowest BCUT2D eigenvalue weighted by Crippen LogP contribution is -2.48. The summed E-state index contributed by atoms with van der Waals surface area (Å²) in [6.07, 6.45) is 2.75. The number of rotatable bonds is 6. The van der Waals surface area contributed by atoms with Gasteiger partial charge in [-0.25, -0.2) is 4.39 Å². The second-order valence-corrected chi connectivity index (χ2v) is 6.78. The number of carbonyl (C=O) groups excluding carboxylic acids is 2. The summed E-state index contributed by atoms with van der Waals surface area (Å²) in [6.45, 7) is 0.0541. The third-order valence-electron chi connectivity index (χ3n) is 4.83. The fraction of sp³-hybridized carbons (Fsp3) is 0.273. The maximum Gasteiger partial charge on any atom is 0.387 e. The van der Waals surface area contributed by atoms with E-state index in [4.69, 9.17) is 0 Å². The largest absolute Gasteiger partial charge is 0.434 e. The van der Waals surface area contributed by atoms with E-state index in [1.165, 1.54) is 31.2 Å². The minimum Gasteiger partial charge on any atom is -0.434 e. The summed E-state index contributed by atoms with van der Waals surface area (Å²) in [7, 11) is 0. The molecule has 2 aromatic rings. The summed E-state index contributed by atoms with van der Waals surface area (Å²) in [5, 5.41) is 0. The number of Topliss-reactive ketones (excluding diaryl/α,β-unsaturated/α-hetero) is 1. The number of ether oxygens (including phenoxy) is 1. The molecule has 0 radical (unpaired) electrons. The molecular weight excluding hydrogens is 397 g/mol. The Kier molecular flexibility index (Phi) is 6.76. The van der Waals surface area contributed by atoms with Gasteiger partial charge >= 0.3 is 6.61 Å². The maximum absolute atomic E-state index is 14.3. The Bertz CT molecular complexity index is 954. The summed E-state index contributed by atoms with van der Waals surface area (Å²) in [5.74, 6) is -0.957. The predicted molar refractivity (Wildman–Crippen MR) is 107 cm³/mol. The van der Waals surface area contributed by atoms with Gasteiger partial charge in [0.1, 0.15) is 11.6 Å². The van der Waals surface area contributed by atoms with Gasteiger partial charge in [0.2, 0.25) is 5.91 Å². The van der Waals surface area contributed by atoms with E-state index >= 15 is 0 Å². The van der Waals surface area contributed by atoms with Gasteiger partial charge in [0.15, 0.2) is 5.78 Å². The molecule has 1 amide bonds. The Hall–Kier alpha value is -3.29. The van der Waals surface area contributed by atoms with Crippen LogP contribution in [0.2, 0.25) is 0 Å². The molecule has 0 unspecified atom stereocenters. The van der Waals surface area contributed by atoms with E-state index in [0.717, 1.165) is 0 Å². The number of piperazine rings is 1. The predicted octanol–water partition coefficient (Wildman–Crippen LogP) is 3.99. The van der Waals surface area contributed by atoms with Crippen LogP contribution in [0.25, 0.3) is 6.08 Å². The summed E-state index contributed by atoms with van der Waals surface area (Å²) in [4.78, 5) is 27.2. The maximum atomic E-state index is 14.3. The number of halogens is 3. The number of hydrogen-bond acceptors (Lipinski definition) is 4. The zero-order valence-electron chi connectivity index (χ0n) is 16.4. The first kappa shape index (κ1) is 21.4. The van der Waals surface area contributed by atoms with Crippen LogP contribution in [0.5, 0.6) is 5.75 Å². The smallest absolute Gasteiger partial charge is 0.387 e. The van der Waals surface area contributed by atoms with Crippen molar-refractivity contribution in [1.82, 2.24) is 4.90 Å². The number of carbonyl (C=O) groups is 2. The Morgan fingerprint density at radius 1 is 1.07 bits per heavy atom. The van der Waals surface area contributed by atoms with Gasteiger partial charge in [0.25, 0.3) is 0 Å². The zero-order chi connectivity index (χ0) is 21.7. The van der Waals surface area contributed by atoms with Crippen LogP contribution < -0.4 is 9.64 Å². The minimum atomic E-state index is -2.95. The van der Waals surface area contributed by atoms with Crippen LogP contribution in [0.1, 0.15) is 22.8 Å². The van der Waals surface area contributed by atoms with E-state index in [9.17, 15) is 22.8 Å². The molecule has 158 valence electrons. The molecule has 0 N–H and O–H groups in total. The van der Waals surface area contributed by atoms with Crippen molar-refractivity contribution >= 4 is 23.5 Å². The number of ketones is 1. The lowest BCUT2D eigenvalue weighted by Gasteiger charge is -2.35. The molecule has 8 heteroatoms. The fourth-order valence-corrected chi connectivity index (χ4v) is 3.24. The van der Waals surface area contributed by atoms with E-state index in [2.05, 4.69) is 4.74 Å². The molecule has 0 aromatic heterocycles. The number of benzene rings is 2. The highest BCUT2D eigenvalue weighted by Crippen LogP contribution is 2.23. The third-order valence-corrected chi connectivity index (χ3v) is 4.83. The molecule has 3 rings (SSSR count). The first-order valence-corrected chi connectivity index (χ1v) is 9.41. The third kappa shape index (κ3) is 5.20. The highest BCUT2D eigenvalue weighted by atomic mass is 19.3. The minimum absolute atomic E-state index is 0.00847. The molecular formula is C22H21F3N2O3. The average molecular weight is 418 g/mol. The molecule has 0 bridgehead atoms. The Labute approximate surface area is 172 Å². The second kappa shape index (κ2) is 9.47. The number of hydrogen-bond donors (Lipinski definition) is 0. The van der Waals surface area contributed by atoms with Crippen molar-refractivity contribution in [3.63, 3.8) is 0 Å². The molecule has 2 aromatic carbocycles. The average Bonchev–Trinajstić information content (AvgIpc) is 2.72. The van der Waals surface area contributed by atoms with Crippen molar-refractivity contribution in [1.29, 1.82) is 0 Å². The number of para-hydroxylation sites is 1. The Morgan fingerprint density at radius 2 is 1.77 bits per heavy atom. The lowest BCUT2D eigenvalue weighted by molar-refractivity contribution is -0.126. The van der Waals surface area contributed by atoms with Crippen LogP contribution in [0, 0.1) is 5.82 Å². The van der Waals surface area contributed by atoms with Gasteiger partial charge in [0, 0.05) is 43.4 Å². The van der Waals surface area contributed by atoms with E-state index in [-0.39, 0.29) is 17.4 Å². The first-order valence-electron chi connectivity index (χ1n) is 9.41. The Morgan fingerprint density at radius 3 is 2.40 bits per heavy atom. The lowest BCUT2D eigenvalue weighted by atomic mass is 10.1. The van der Waals surface area contributed by atoms with Gasteiger partial charge in [-0.2, -0.15) is 8.78 Å². The Balaban J connectivity index is 1.61. The molecule has 0 aliphatic carbocycles. The quantitative estimate of drug-likeness (QED) is 0.526. The van der Waals surface area contributed by atoms with Crippen LogP contribution in [0.3, 0.4) is 0 Å².